The molecule has 0 unspecified atom stereocenters. The normalized spacial score (nSPS) is 10.8. The van der Waals surface area contributed by atoms with Crippen molar-refractivity contribution in [1.82, 2.24) is 0 Å². The summed E-state index contributed by atoms with van der Waals surface area (Å²) >= 11 is 0. The maximum atomic E-state index is 2.34. The fourth-order valence-corrected chi connectivity index (χ4v) is 3.73. The molecule has 4 aromatic rings. The predicted octanol–water partition coefficient (Wildman–Crippen LogP) is 8.06. The Morgan fingerprint density at radius 1 is 0.448 bits per heavy atom. The van der Waals surface area contributed by atoms with Gasteiger partial charge in [-0.25, -0.2) is 0 Å². The summed E-state index contributed by atoms with van der Waals surface area (Å²) < 4.78 is 0. The number of anilines is 3. The van der Waals surface area contributed by atoms with E-state index in [-0.39, 0.29) is 0 Å². The van der Waals surface area contributed by atoms with Crippen LogP contribution >= 0.6 is 0 Å². The highest BCUT2D eigenvalue weighted by molar-refractivity contribution is 5.80. The van der Waals surface area contributed by atoms with Crippen molar-refractivity contribution in [3.8, 4) is 11.1 Å². The van der Waals surface area contributed by atoms with E-state index < -0.39 is 0 Å². The Morgan fingerprint density at radius 2 is 0.862 bits per heavy atom. The molecule has 0 saturated heterocycles. The SMILES string of the molecule is Cc1ccc(-c2ccc(N(c3ccc(C)cc3)c3ccc(C)cc3C)cc2)cc1. The Labute approximate surface area is 174 Å². The van der Waals surface area contributed by atoms with E-state index in [1.807, 2.05) is 0 Å². The molecule has 144 valence electrons. The van der Waals surface area contributed by atoms with Gasteiger partial charge in [-0.2, -0.15) is 0 Å². The van der Waals surface area contributed by atoms with Crippen LogP contribution in [0, 0.1) is 27.7 Å². The van der Waals surface area contributed by atoms with Gasteiger partial charge in [0.05, 0.1) is 0 Å². The van der Waals surface area contributed by atoms with Gasteiger partial charge in [0.1, 0.15) is 0 Å². The molecular weight excluding hydrogens is 350 g/mol. The molecule has 0 radical (unpaired) electrons. The lowest BCUT2D eigenvalue weighted by Gasteiger charge is -2.27. The van der Waals surface area contributed by atoms with Gasteiger partial charge in [0, 0.05) is 17.1 Å². The van der Waals surface area contributed by atoms with Crippen LogP contribution in [0.1, 0.15) is 22.3 Å². The number of nitrogens with zero attached hydrogens (tertiary/aromatic N) is 1. The monoisotopic (exact) mass is 377 g/mol. The quantitative estimate of drug-likeness (QED) is 0.347. The van der Waals surface area contributed by atoms with Crippen LogP contribution < -0.4 is 4.90 Å². The molecule has 0 saturated carbocycles. The molecule has 0 amide bonds. The standard InChI is InChI=1S/C28H27N/c1-20-5-10-24(11-6-20)25-12-16-27(17-13-25)29(26-14-7-21(2)8-15-26)28-18-9-22(3)19-23(28)4/h5-19H,1-4H3. The van der Waals surface area contributed by atoms with E-state index in [1.165, 1.54) is 44.8 Å². The van der Waals surface area contributed by atoms with Crippen molar-refractivity contribution < 1.29 is 0 Å². The third-order valence-corrected chi connectivity index (χ3v) is 5.40. The molecule has 0 N–H and O–H groups in total. The van der Waals surface area contributed by atoms with Gasteiger partial charge < -0.3 is 4.90 Å². The summed E-state index contributed by atoms with van der Waals surface area (Å²) in [5, 5.41) is 0. The zero-order chi connectivity index (χ0) is 20.4. The van der Waals surface area contributed by atoms with Crippen LogP contribution in [0.2, 0.25) is 0 Å². The van der Waals surface area contributed by atoms with Gasteiger partial charge in [0.25, 0.3) is 0 Å². The molecule has 0 atom stereocenters. The molecule has 4 aromatic carbocycles. The summed E-state index contributed by atoms with van der Waals surface area (Å²) in [5.41, 5.74) is 11.1. The first kappa shape index (κ1) is 19.0. The first-order valence-corrected chi connectivity index (χ1v) is 10.1. The van der Waals surface area contributed by atoms with Crippen molar-refractivity contribution in [2.45, 2.75) is 27.7 Å². The van der Waals surface area contributed by atoms with E-state index in [1.54, 1.807) is 0 Å². The minimum atomic E-state index is 1.16. The average Bonchev–Trinajstić information content (AvgIpc) is 2.72. The van der Waals surface area contributed by atoms with Gasteiger partial charge in [0.2, 0.25) is 0 Å². The predicted molar refractivity (Wildman–Crippen MR) is 126 cm³/mol. The second kappa shape index (κ2) is 7.97. The Morgan fingerprint density at radius 3 is 1.38 bits per heavy atom. The molecule has 0 aliphatic rings. The number of hydrogen-bond donors (Lipinski definition) is 0. The molecule has 0 aliphatic carbocycles. The molecule has 1 nitrogen and oxygen atoms in total. The highest BCUT2D eigenvalue weighted by Crippen LogP contribution is 2.37. The molecule has 29 heavy (non-hydrogen) atoms. The number of rotatable bonds is 4. The van der Waals surface area contributed by atoms with Gasteiger partial charge in [-0.05, 0) is 74.7 Å². The third-order valence-electron chi connectivity index (χ3n) is 5.40. The molecule has 0 aromatic heterocycles. The minimum Gasteiger partial charge on any atom is -0.310 e. The van der Waals surface area contributed by atoms with E-state index >= 15 is 0 Å². The van der Waals surface area contributed by atoms with E-state index in [0.717, 1.165) is 5.69 Å². The van der Waals surface area contributed by atoms with Crippen molar-refractivity contribution in [3.05, 3.63) is 113 Å². The molecule has 0 fully saturated rings. The molecule has 4 rings (SSSR count). The Bertz CT molecular complexity index is 1100. The van der Waals surface area contributed by atoms with E-state index in [4.69, 9.17) is 0 Å². The maximum Gasteiger partial charge on any atom is 0.0490 e. The molecule has 0 aliphatic heterocycles. The lowest BCUT2D eigenvalue weighted by atomic mass is 10.0. The topological polar surface area (TPSA) is 3.24 Å². The van der Waals surface area contributed by atoms with Crippen LogP contribution in [0.5, 0.6) is 0 Å². The summed E-state index contributed by atoms with van der Waals surface area (Å²) in [5.74, 6) is 0. The zero-order valence-electron chi connectivity index (χ0n) is 17.6. The highest BCUT2D eigenvalue weighted by Gasteiger charge is 2.14. The van der Waals surface area contributed by atoms with Crippen LogP contribution in [0.25, 0.3) is 11.1 Å². The van der Waals surface area contributed by atoms with Crippen molar-refractivity contribution in [1.29, 1.82) is 0 Å². The summed E-state index contributed by atoms with van der Waals surface area (Å²) in [7, 11) is 0. The minimum absolute atomic E-state index is 1.16. The zero-order valence-corrected chi connectivity index (χ0v) is 17.6. The summed E-state index contributed by atoms with van der Waals surface area (Å²) in [4.78, 5) is 2.34. The molecule has 0 spiro atoms. The first-order valence-electron chi connectivity index (χ1n) is 10.1. The second-order valence-corrected chi connectivity index (χ2v) is 7.87. The van der Waals surface area contributed by atoms with Gasteiger partial charge in [-0.1, -0.05) is 77.4 Å². The maximum absolute atomic E-state index is 2.34. The van der Waals surface area contributed by atoms with E-state index in [2.05, 4.69) is 124 Å². The van der Waals surface area contributed by atoms with Gasteiger partial charge >= 0.3 is 0 Å². The van der Waals surface area contributed by atoms with Gasteiger partial charge in [-0.3, -0.25) is 0 Å². The van der Waals surface area contributed by atoms with Crippen LogP contribution in [0.4, 0.5) is 17.1 Å². The van der Waals surface area contributed by atoms with E-state index in [0.29, 0.717) is 0 Å². The van der Waals surface area contributed by atoms with Crippen LogP contribution in [-0.2, 0) is 0 Å². The highest BCUT2D eigenvalue weighted by atomic mass is 15.1. The Balaban J connectivity index is 1.78. The first-order chi connectivity index (χ1) is 14.0. The van der Waals surface area contributed by atoms with Crippen molar-refractivity contribution in [2.24, 2.45) is 0 Å². The third kappa shape index (κ3) is 4.09. The summed E-state index contributed by atoms with van der Waals surface area (Å²) in [6, 6.07) is 33.0. The Kier molecular flexibility index (Phi) is 5.22. The van der Waals surface area contributed by atoms with Crippen molar-refractivity contribution >= 4 is 17.1 Å². The fraction of sp³-hybridized carbons (Fsp3) is 0.143. The molecular formula is C28H27N. The molecule has 1 heteroatoms. The largest absolute Gasteiger partial charge is 0.310 e. The molecule has 0 heterocycles. The molecule has 0 bridgehead atoms. The second-order valence-electron chi connectivity index (χ2n) is 7.87. The van der Waals surface area contributed by atoms with E-state index in [9.17, 15) is 0 Å². The number of hydrogen-bond acceptors (Lipinski definition) is 1. The van der Waals surface area contributed by atoms with Crippen molar-refractivity contribution in [3.63, 3.8) is 0 Å². The average molecular weight is 378 g/mol. The number of benzene rings is 4. The van der Waals surface area contributed by atoms with Gasteiger partial charge in [-0.15, -0.1) is 0 Å². The Hall–Kier alpha value is -3.32. The summed E-state index contributed by atoms with van der Waals surface area (Å²) in [6.07, 6.45) is 0. The number of aryl methyl sites for hydroxylation is 4. The fourth-order valence-electron chi connectivity index (χ4n) is 3.73. The van der Waals surface area contributed by atoms with Crippen LogP contribution in [0.15, 0.2) is 91.0 Å². The summed E-state index contributed by atoms with van der Waals surface area (Å²) in [6.45, 7) is 8.57. The lowest BCUT2D eigenvalue weighted by Crippen LogP contribution is -2.11. The van der Waals surface area contributed by atoms with Crippen molar-refractivity contribution in [2.75, 3.05) is 4.90 Å². The van der Waals surface area contributed by atoms with Crippen LogP contribution in [-0.4, -0.2) is 0 Å². The van der Waals surface area contributed by atoms with Crippen LogP contribution in [0.3, 0.4) is 0 Å². The van der Waals surface area contributed by atoms with Gasteiger partial charge in [0.15, 0.2) is 0 Å². The lowest BCUT2D eigenvalue weighted by molar-refractivity contribution is 1.23. The smallest absolute Gasteiger partial charge is 0.0490 e.